The molecule has 2 aromatic carbocycles. The van der Waals surface area contributed by atoms with Crippen LogP contribution in [0.1, 0.15) is 0 Å². The van der Waals surface area contributed by atoms with Gasteiger partial charge in [-0.1, -0.05) is 46.2 Å². The molecule has 12 nitrogen and oxygen atoms in total. The Balaban J connectivity index is 1.17. The fourth-order valence-corrected chi connectivity index (χ4v) is 5.90. The fourth-order valence-electron chi connectivity index (χ4n) is 3.03. The zero-order valence-corrected chi connectivity index (χ0v) is 22.0. The second-order valence-corrected chi connectivity index (χ2v) is 11.7. The molecule has 0 radical (unpaired) electrons. The number of benzene rings is 2. The molecular weight excluding hydrogens is 555 g/mol. The maximum absolute atomic E-state index is 12.3. The smallest absolute Gasteiger partial charge is 0.234 e. The number of aromatic nitrogens is 5. The van der Waals surface area contributed by atoms with Crippen LogP contribution in [-0.4, -0.2) is 48.7 Å². The van der Waals surface area contributed by atoms with Gasteiger partial charge in [0, 0.05) is 16.9 Å². The average Bonchev–Trinajstić information content (AvgIpc) is 3.61. The van der Waals surface area contributed by atoms with E-state index in [1.54, 1.807) is 42.5 Å². The average molecular weight is 572 g/mol. The van der Waals surface area contributed by atoms with E-state index in [1.807, 2.05) is 0 Å². The Morgan fingerprint density at radius 2 is 1.38 bits per heavy atom. The van der Waals surface area contributed by atoms with Crippen molar-refractivity contribution in [2.24, 2.45) is 0 Å². The van der Waals surface area contributed by atoms with Gasteiger partial charge in [0.05, 0.1) is 11.5 Å². The number of nitrogen functional groups attached to an aromatic ring is 2. The highest BCUT2D eigenvalue weighted by atomic mass is 32.2. The minimum atomic E-state index is -0.190. The van der Waals surface area contributed by atoms with Crippen molar-refractivity contribution in [3.63, 3.8) is 0 Å². The van der Waals surface area contributed by atoms with Gasteiger partial charge in [0.15, 0.2) is 14.3 Å². The van der Waals surface area contributed by atoms with Gasteiger partial charge in [-0.05, 0) is 42.5 Å². The van der Waals surface area contributed by atoms with Crippen LogP contribution in [0.2, 0.25) is 0 Å². The second kappa shape index (κ2) is 11.1. The van der Waals surface area contributed by atoms with Crippen molar-refractivity contribution in [3.8, 4) is 11.5 Å². The molecule has 3 heterocycles. The van der Waals surface area contributed by atoms with Crippen molar-refractivity contribution < 1.29 is 14.0 Å². The number of carbonyl (C=O) groups excluding carboxylic acids is 2. The Labute approximate surface area is 225 Å². The van der Waals surface area contributed by atoms with Gasteiger partial charge < -0.3 is 26.5 Å². The molecule has 0 spiro atoms. The molecular formula is C21H17N9O3S4. The predicted octanol–water partition coefficient (Wildman–Crippen LogP) is 3.82. The minimum Gasteiger partial charge on any atom is -0.436 e. The quantitative estimate of drug-likeness (QED) is 0.187. The molecule has 0 aliphatic carbocycles. The summed E-state index contributed by atoms with van der Waals surface area (Å²) in [6.07, 6.45) is 0. The zero-order valence-electron chi connectivity index (χ0n) is 18.7. The summed E-state index contributed by atoms with van der Waals surface area (Å²) < 4.78 is 7.14. The predicted molar refractivity (Wildman–Crippen MR) is 147 cm³/mol. The first-order chi connectivity index (χ1) is 17.9. The summed E-state index contributed by atoms with van der Waals surface area (Å²) in [4.78, 5) is 29.0. The Bertz CT molecular complexity index is 1570. The first-order valence-corrected chi connectivity index (χ1v) is 14.1. The van der Waals surface area contributed by atoms with Crippen LogP contribution in [0.3, 0.4) is 0 Å². The van der Waals surface area contributed by atoms with E-state index < -0.39 is 0 Å². The highest BCUT2D eigenvalue weighted by Gasteiger charge is 2.12. The largest absolute Gasteiger partial charge is 0.436 e. The summed E-state index contributed by atoms with van der Waals surface area (Å²) in [5.41, 5.74) is 14.3. The lowest BCUT2D eigenvalue weighted by atomic mass is 10.2. The van der Waals surface area contributed by atoms with Crippen molar-refractivity contribution in [1.82, 2.24) is 25.4 Å². The topological polar surface area (TPSA) is 188 Å². The lowest BCUT2D eigenvalue weighted by molar-refractivity contribution is -0.114. The van der Waals surface area contributed by atoms with Crippen LogP contribution < -0.4 is 22.1 Å². The Hall–Kier alpha value is -3.73. The maximum Gasteiger partial charge on any atom is 0.234 e. The van der Waals surface area contributed by atoms with Crippen LogP contribution in [0.25, 0.3) is 22.6 Å². The summed E-state index contributed by atoms with van der Waals surface area (Å²) in [6.45, 7) is 0. The standard InChI is InChI=1S/C21H17N9O3S4/c22-18-27-29-20(36-18)34-8-15(31)24-11-3-1-10(2-4-11)17-26-13-7-12(5-6-14(13)33-17)25-16(32)9-35-21-30-28-19(23)37-21/h1-7H,8-9H2,(H2,22,27)(H2,23,28)(H,24,31)(H,25,32). The normalized spacial score (nSPS) is 11.0. The number of hydrogen-bond donors (Lipinski definition) is 4. The van der Waals surface area contributed by atoms with E-state index in [0.29, 0.717) is 47.3 Å². The first kappa shape index (κ1) is 24.9. The second-order valence-electron chi connectivity index (χ2n) is 7.26. The van der Waals surface area contributed by atoms with Crippen LogP contribution in [0.4, 0.5) is 21.6 Å². The molecule has 0 saturated carbocycles. The molecule has 3 aromatic heterocycles. The molecule has 0 unspecified atom stereocenters. The van der Waals surface area contributed by atoms with Crippen LogP contribution in [0, 0.1) is 0 Å². The van der Waals surface area contributed by atoms with Crippen molar-refractivity contribution in [2.45, 2.75) is 8.68 Å². The summed E-state index contributed by atoms with van der Waals surface area (Å²) in [6, 6.07) is 12.4. The third-order valence-corrected chi connectivity index (χ3v) is 8.36. The molecule has 2 amide bonds. The Kier molecular flexibility index (Phi) is 7.50. The van der Waals surface area contributed by atoms with Gasteiger partial charge in [0.1, 0.15) is 5.52 Å². The van der Waals surface area contributed by atoms with Crippen molar-refractivity contribution in [1.29, 1.82) is 0 Å². The molecule has 0 bridgehead atoms. The van der Waals surface area contributed by atoms with Crippen LogP contribution in [0.5, 0.6) is 0 Å². The molecule has 16 heteroatoms. The number of thioether (sulfide) groups is 2. The third-order valence-electron chi connectivity index (χ3n) is 4.58. The van der Waals surface area contributed by atoms with Gasteiger partial charge in [0.2, 0.25) is 28.0 Å². The fraction of sp³-hybridized carbons (Fsp3) is 0.0952. The number of amides is 2. The van der Waals surface area contributed by atoms with E-state index in [9.17, 15) is 9.59 Å². The number of rotatable bonds is 9. The summed E-state index contributed by atoms with van der Waals surface area (Å²) in [5.74, 6) is 0.426. The van der Waals surface area contributed by atoms with Crippen LogP contribution in [0.15, 0.2) is 55.6 Å². The molecule has 37 heavy (non-hydrogen) atoms. The first-order valence-electron chi connectivity index (χ1n) is 10.5. The summed E-state index contributed by atoms with van der Waals surface area (Å²) >= 11 is 5.00. The monoisotopic (exact) mass is 571 g/mol. The van der Waals surface area contributed by atoms with Crippen molar-refractivity contribution >= 4 is 90.7 Å². The number of nitrogens with two attached hydrogens (primary N) is 2. The van der Waals surface area contributed by atoms with Gasteiger partial charge >= 0.3 is 0 Å². The molecule has 5 aromatic rings. The lowest BCUT2D eigenvalue weighted by Gasteiger charge is -2.04. The Morgan fingerprint density at radius 1 is 0.811 bits per heavy atom. The molecule has 0 atom stereocenters. The molecule has 6 N–H and O–H groups in total. The van der Waals surface area contributed by atoms with Crippen LogP contribution >= 0.6 is 46.2 Å². The SMILES string of the molecule is Nc1nnc(SCC(=O)Nc2ccc(-c3nc4cc(NC(=O)CSc5nnc(N)s5)ccc4o3)cc2)s1. The lowest BCUT2D eigenvalue weighted by Crippen LogP contribution is -2.13. The summed E-state index contributed by atoms with van der Waals surface area (Å²) in [5, 5.41) is 21.6. The van der Waals surface area contributed by atoms with E-state index in [4.69, 9.17) is 15.9 Å². The number of hydrogen-bond acceptors (Lipinski definition) is 14. The highest BCUT2D eigenvalue weighted by molar-refractivity contribution is 8.02. The Morgan fingerprint density at radius 3 is 1.95 bits per heavy atom. The highest BCUT2D eigenvalue weighted by Crippen LogP contribution is 2.28. The van der Waals surface area contributed by atoms with E-state index in [2.05, 4.69) is 36.0 Å². The van der Waals surface area contributed by atoms with Gasteiger partial charge in [-0.3, -0.25) is 9.59 Å². The van der Waals surface area contributed by atoms with Crippen LogP contribution in [-0.2, 0) is 9.59 Å². The van der Waals surface area contributed by atoms with Crippen molar-refractivity contribution in [3.05, 3.63) is 42.5 Å². The van der Waals surface area contributed by atoms with Gasteiger partial charge in [0.25, 0.3) is 0 Å². The number of oxazole rings is 1. The molecule has 0 fully saturated rings. The molecule has 0 aliphatic heterocycles. The number of nitrogens with one attached hydrogen (secondary N) is 2. The number of fused-ring (bicyclic) bond motifs is 1. The van der Waals surface area contributed by atoms with E-state index in [0.717, 1.165) is 5.56 Å². The molecule has 0 saturated heterocycles. The van der Waals surface area contributed by atoms with Gasteiger partial charge in [-0.2, -0.15) is 0 Å². The van der Waals surface area contributed by atoms with E-state index >= 15 is 0 Å². The number of anilines is 4. The third kappa shape index (κ3) is 6.53. The minimum absolute atomic E-state index is 0.172. The molecule has 0 aliphatic rings. The number of carbonyl (C=O) groups is 2. The summed E-state index contributed by atoms with van der Waals surface area (Å²) in [7, 11) is 0. The van der Waals surface area contributed by atoms with Gasteiger partial charge in [-0.15, -0.1) is 20.4 Å². The molecule has 188 valence electrons. The number of nitrogens with zero attached hydrogens (tertiary/aromatic N) is 5. The van der Waals surface area contributed by atoms with E-state index in [1.165, 1.54) is 46.2 Å². The van der Waals surface area contributed by atoms with E-state index in [-0.39, 0.29) is 23.3 Å². The zero-order chi connectivity index (χ0) is 25.8. The van der Waals surface area contributed by atoms with Gasteiger partial charge in [-0.25, -0.2) is 4.98 Å². The van der Waals surface area contributed by atoms with Crippen molar-refractivity contribution in [2.75, 3.05) is 33.6 Å². The maximum atomic E-state index is 12.3. The molecule has 5 rings (SSSR count).